The molecule has 0 aromatic rings. The van der Waals surface area contributed by atoms with Gasteiger partial charge in [-0.25, -0.2) is 0 Å². The SMILES string of the molecule is C=C(C)[C@]12C[C@@H](C)[C@@]34O[C@](CCCCCCCCC)(O[C@@H]1[C@@H]3[C@@H]1O[C@]1(CO)[C@@H](O)[C@]1(O)C(=O)C(C)=C[C@H]14)O2. The average Bonchev–Trinajstić information content (AvgIpc) is 3.52. The minimum absolute atomic E-state index is 0.183. The smallest absolute Gasteiger partial charge is 0.284 e. The molecule has 6 rings (SSSR count). The van der Waals surface area contributed by atoms with Gasteiger partial charge in [0.1, 0.15) is 29.5 Å². The number of ketones is 1. The van der Waals surface area contributed by atoms with Gasteiger partial charge in [-0.05, 0) is 43.8 Å². The highest BCUT2D eigenvalue weighted by molar-refractivity contribution is 6.05. The number of unbranched alkanes of at least 4 members (excludes halogenated alkanes) is 6. The molecule has 3 heterocycles. The van der Waals surface area contributed by atoms with E-state index in [0.717, 1.165) is 24.8 Å². The third kappa shape index (κ3) is 3.14. The third-order valence-electron chi connectivity index (χ3n) is 10.8. The van der Waals surface area contributed by atoms with E-state index in [-0.39, 0.29) is 5.92 Å². The Labute approximate surface area is 225 Å². The van der Waals surface area contributed by atoms with Crippen LogP contribution in [0.2, 0.25) is 0 Å². The molecule has 3 bridgehead atoms. The van der Waals surface area contributed by atoms with Gasteiger partial charge in [-0.15, -0.1) is 0 Å². The molecule has 3 aliphatic heterocycles. The average molecular weight is 533 g/mol. The van der Waals surface area contributed by atoms with Gasteiger partial charge < -0.3 is 34.3 Å². The van der Waals surface area contributed by atoms with Crippen LogP contribution in [-0.4, -0.2) is 74.4 Å². The quantitative estimate of drug-likeness (QED) is 0.223. The molecule has 3 N–H and O–H groups in total. The number of carbonyl (C=O) groups excluding carboxylic acids is 1. The molecule has 0 spiro atoms. The number of rotatable bonds is 10. The van der Waals surface area contributed by atoms with Crippen LogP contribution in [0.1, 0.15) is 85.5 Å². The minimum Gasteiger partial charge on any atom is -0.393 e. The van der Waals surface area contributed by atoms with Crippen LogP contribution in [-0.2, 0) is 23.7 Å². The second kappa shape index (κ2) is 8.68. The fourth-order valence-electron chi connectivity index (χ4n) is 8.83. The van der Waals surface area contributed by atoms with Crippen LogP contribution in [0.5, 0.6) is 0 Å². The van der Waals surface area contributed by atoms with E-state index < -0.39 is 70.9 Å². The van der Waals surface area contributed by atoms with Gasteiger partial charge in [0, 0.05) is 18.3 Å². The maximum absolute atomic E-state index is 13.5. The van der Waals surface area contributed by atoms with Crippen LogP contribution in [0, 0.1) is 17.8 Å². The molecule has 3 saturated heterocycles. The molecular weight excluding hydrogens is 488 g/mol. The number of ether oxygens (including phenoxy) is 4. The maximum atomic E-state index is 13.5. The van der Waals surface area contributed by atoms with Crippen molar-refractivity contribution in [1.29, 1.82) is 0 Å². The Morgan fingerprint density at radius 2 is 1.79 bits per heavy atom. The van der Waals surface area contributed by atoms with Gasteiger partial charge in [0.05, 0.1) is 12.2 Å². The zero-order valence-corrected chi connectivity index (χ0v) is 23.2. The number of aliphatic hydroxyl groups excluding tert-OH is 2. The molecule has 8 heteroatoms. The Morgan fingerprint density at radius 3 is 2.45 bits per heavy atom. The highest BCUT2D eigenvalue weighted by atomic mass is 16.9. The standard InChI is InChI=1S/C30H44O8/c1-6-7-8-9-10-11-12-13-28-36-23-21-24-27(16-31,35-24)25(33)29(34)20(14-18(4)22(29)32)30(21,38-28)19(5)15-26(23,37-28)17(2)3/h14,19-21,23-25,31,33-34H,2,6-13,15-16H2,1,3-5H3/t19-,20-,21-,23-,24+,25-,26-,27+,28-,29-,30+/m1/s1. The normalized spacial score (nSPS) is 51.8. The number of hydrogen-bond acceptors (Lipinski definition) is 8. The lowest BCUT2D eigenvalue weighted by atomic mass is 9.54. The van der Waals surface area contributed by atoms with Crippen molar-refractivity contribution >= 4 is 5.78 Å². The fraction of sp³-hybridized carbons (Fsp3) is 0.833. The first-order valence-electron chi connectivity index (χ1n) is 14.7. The van der Waals surface area contributed by atoms with Crippen LogP contribution in [0.25, 0.3) is 0 Å². The third-order valence-corrected chi connectivity index (χ3v) is 10.8. The van der Waals surface area contributed by atoms with E-state index in [1.807, 2.05) is 6.92 Å². The first-order valence-corrected chi connectivity index (χ1v) is 14.7. The van der Waals surface area contributed by atoms with Gasteiger partial charge in [0.15, 0.2) is 11.4 Å². The van der Waals surface area contributed by atoms with Crippen LogP contribution in [0.15, 0.2) is 23.8 Å². The molecule has 8 nitrogen and oxygen atoms in total. The molecule has 0 aromatic heterocycles. The Balaban J connectivity index is 1.41. The molecule has 11 atom stereocenters. The van der Waals surface area contributed by atoms with Crippen LogP contribution in [0.4, 0.5) is 0 Å². The molecule has 3 aliphatic carbocycles. The number of fused-ring (bicyclic) bond motifs is 3. The van der Waals surface area contributed by atoms with Gasteiger partial charge in [-0.1, -0.05) is 65.0 Å². The second-order valence-corrected chi connectivity index (χ2v) is 13.0. The lowest BCUT2D eigenvalue weighted by Gasteiger charge is -2.59. The Bertz CT molecular complexity index is 1060. The highest BCUT2D eigenvalue weighted by Gasteiger charge is 2.88. The number of epoxide rings is 1. The lowest BCUT2D eigenvalue weighted by molar-refractivity contribution is -0.430. The summed E-state index contributed by atoms with van der Waals surface area (Å²) in [5.74, 6) is -3.38. The summed E-state index contributed by atoms with van der Waals surface area (Å²) in [6, 6.07) is 0. The van der Waals surface area contributed by atoms with Crippen molar-refractivity contribution < 1.29 is 39.1 Å². The maximum Gasteiger partial charge on any atom is 0.284 e. The molecule has 2 saturated carbocycles. The molecule has 0 unspecified atom stereocenters. The summed E-state index contributed by atoms with van der Waals surface area (Å²) < 4.78 is 26.7. The van der Waals surface area contributed by atoms with Crippen molar-refractivity contribution in [1.82, 2.24) is 0 Å². The lowest BCUT2D eigenvalue weighted by Crippen LogP contribution is -2.72. The molecule has 5 fully saturated rings. The molecule has 0 radical (unpaired) electrons. The van der Waals surface area contributed by atoms with Gasteiger partial charge in [-0.2, -0.15) is 0 Å². The number of Topliss-reactive ketones (excluding diaryl/α,β-unsaturated/α-hetero) is 1. The van der Waals surface area contributed by atoms with Crippen LogP contribution >= 0.6 is 0 Å². The van der Waals surface area contributed by atoms with E-state index in [1.54, 1.807) is 13.0 Å². The predicted octanol–water partition coefficient (Wildman–Crippen LogP) is 3.32. The summed E-state index contributed by atoms with van der Waals surface area (Å²) in [6.45, 7) is 11.7. The molecular formula is C30H44O8. The van der Waals surface area contributed by atoms with Crippen LogP contribution < -0.4 is 0 Å². The van der Waals surface area contributed by atoms with E-state index in [2.05, 4.69) is 20.4 Å². The Hall–Kier alpha value is -1.13. The first-order chi connectivity index (χ1) is 18.0. The number of aliphatic hydroxyl groups is 3. The molecule has 0 aromatic carbocycles. The first kappa shape index (κ1) is 27.1. The van der Waals surface area contributed by atoms with E-state index in [0.29, 0.717) is 18.4 Å². The highest BCUT2D eigenvalue weighted by Crippen LogP contribution is 2.73. The summed E-state index contributed by atoms with van der Waals surface area (Å²) in [7, 11) is 0. The fourth-order valence-corrected chi connectivity index (χ4v) is 8.83. The molecule has 6 aliphatic rings. The molecule has 38 heavy (non-hydrogen) atoms. The summed E-state index contributed by atoms with van der Waals surface area (Å²) >= 11 is 0. The van der Waals surface area contributed by atoms with Crippen molar-refractivity contribution in [2.45, 2.75) is 132 Å². The summed E-state index contributed by atoms with van der Waals surface area (Å²) in [6.07, 6.45) is 7.99. The van der Waals surface area contributed by atoms with E-state index in [1.165, 1.54) is 25.7 Å². The topological polar surface area (TPSA) is 118 Å². The number of carbonyl (C=O) groups is 1. The molecule has 0 amide bonds. The van der Waals surface area contributed by atoms with E-state index >= 15 is 0 Å². The summed E-state index contributed by atoms with van der Waals surface area (Å²) in [5.41, 5.74) is -4.36. The monoisotopic (exact) mass is 532 g/mol. The summed E-state index contributed by atoms with van der Waals surface area (Å²) in [4.78, 5) is 13.5. The predicted molar refractivity (Wildman–Crippen MR) is 138 cm³/mol. The van der Waals surface area contributed by atoms with Crippen molar-refractivity contribution in [3.8, 4) is 0 Å². The van der Waals surface area contributed by atoms with Crippen LogP contribution in [0.3, 0.4) is 0 Å². The van der Waals surface area contributed by atoms with Gasteiger partial charge in [-0.3, -0.25) is 4.79 Å². The Morgan fingerprint density at radius 1 is 1.11 bits per heavy atom. The van der Waals surface area contributed by atoms with Gasteiger partial charge in [0.2, 0.25) is 0 Å². The zero-order valence-electron chi connectivity index (χ0n) is 23.2. The van der Waals surface area contributed by atoms with Gasteiger partial charge in [0.25, 0.3) is 5.97 Å². The van der Waals surface area contributed by atoms with Gasteiger partial charge >= 0.3 is 0 Å². The second-order valence-electron chi connectivity index (χ2n) is 13.0. The Kier molecular flexibility index (Phi) is 6.18. The zero-order chi connectivity index (χ0) is 27.3. The minimum atomic E-state index is -2.18. The number of hydrogen-bond donors (Lipinski definition) is 3. The van der Waals surface area contributed by atoms with E-state index in [9.17, 15) is 20.1 Å². The van der Waals surface area contributed by atoms with Crippen molar-refractivity contribution in [2.24, 2.45) is 17.8 Å². The van der Waals surface area contributed by atoms with E-state index in [4.69, 9.17) is 18.9 Å². The van der Waals surface area contributed by atoms with Crippen molar-refractivity contribution in [2.75, 3.05) is 6.61 Å². The largest absolute Gasteiger partial charge is 0.393 e. The summed E-state index contributed by atoms with van der Waals surface area (Å²) in [5, 5.41) is 34.1. The molecule has 212 valence electrons. The van der Waals surface area contributed by atoms with Crippen molar-refractivity contribution in [3.05, 3.63) is 23.8 Å². The van der Waals surface area contributed by atoms with Crippen molar-refractivity contribution in [3.63, 3.8) is 0 Å².